The van der Waals surface area contributed by atoms with Crippen LogP contribution in [0.4, 0.5) is 23.8 Å². The van der Waals surface area contributed by atoms with E-state index in [0.29, 0.717) is 17.9 Å². The smallest absolute Gasteiger partial charge is 0.387 e. The lowest BCUT2D eigenvalue weighted by Crippen LogP contribution is -2.54. The minimum atomic E-state index is -2.93. The molecule has 0 unspecified atom stereocenters. The van der Waals surface area contributed by atoms with Gasteiger partial charge in [0.05, 0.1) is 18.3 Å². The summed E-state index contributed by atoms with van der Waals surface area (Å²) in [5.41, 5.74) is 0.781. The molecule has 172 valence electrons. The average molecular weight is 448 g/mol. The molecule has 6 nitrogen and oxygen atoms in total. The van der Waals surface area contributed by atoms with Crippen LogP contribution in [0.1, 0.15) is 36.8 Å². The van der Waals surface area contributed by atoms with Crippen LogP contribution < -0.4 is 15.0 Å². The fraction of sp³-hybridized carbons (Fsp3) is 0.478. The molecule has 1 saturated heterocycles. The first kappa shape index (κ1) is 22.4. The molecule has 1 aliphatic carbocycles. The zero-order valence-corrected chi connectivity index (χ0v) is 18.4. The van der Waals surface area contributed by atoms with E-state index in [1.807, 2.05) is 20.2 Å². The maximum Gasteiger partial charge on any atom is 0.387 e. The number of alkyl halides is 2. The van der Waals surface area contributed by atoms with Crippen molar-refractivity contribution in [3.05, 3.63) is 53.5 Å². The van der Waals surface area contributed by atoms with Crippen LogP contribution >= 0.6 is 0 Å². The van der Waals surface area contributed by atoms with Gasteiger partial charge in [-0.2, -0.15) is 8.78 Å². The molecule has 1 saturated carbocycles. The van der Waals surface area contributed by atoms with Crippen LogP contribution in [0.2, 0.25) is 0 Å². The van der Waals surface area contributed by atoms with Crippen molar-refractivity contribution in [1.29, 1.82) is 0 Å². The van der Waals surface area contributed by atoms with E-state index in [-0.39, 0.29) is 23.1 Å². The number of aryl methyl sites for hydroxylation is 1. The number of nitrogens with one attached hydrogen (secondary N) is 1. The predicted molar refractivity (Wildman–Crippen MR) is 114 cm³/mol. The van der Waals surface area contributed by atoms with Gasteiger partial charge in [0.15, 0.2) is 0 Å². The summed E-state index contributed by atoms with van der Waals surface area (Å²) in [7, 11) is 4.00. The van der Waals surface area contributed by atoms with Gasteiger partial charge in [-0.25, -0.2) is 14.2 Å². The number of halogens is 3. The quantitative estimate of drug-likeness (QED) is 0.735. The second-order valence-electron chi connectivity index (χ2n) is 8.92. The SMILES string of the molecule is Cc1cc(OC(F)F)cnc1N1CC2(CCC(c3cccc(F)c3)(N(C)C)CC2)NC1=O. The molecule has 4 rings (SSSR count). The van der Waals surface area contributed by atoms with Crippen LogP contribution in [-0.2, 0) is 5.54 Å². The summed E-state index contributed by atoms with van der Waals surface area (Å²) >= 11 is 0. The van der Waals surface area contributed by atoms with E-state index in [4.69, 9.17) is 0 Å². The molecule has 2 aliphatic rings. The third kappa shape index (κ3) is 4.01. The van der Waals surface area contributed by atoms with Gasteiger partial charge in [0.2, 0.25) is 0 Å². The zero-order chi connectivity index (χ0) is 23.1. The molecule has 0 radical (unpaired) electrons. The minimum absolute atomic E-state index is 0.0425. The lowest BCUT2D eigenvalue weighted by Gasteiger charge is -2.48. The van der Waals surface area contributed by atoms with E-state index in [2.05, 4.69) is 19.9 Å². The molecule has 1 aromatic carbocycles. The van der Waals surface area contributed by atoms with Gasteiger partial charge in [-0.1, -0.05) is 12.1 Å². The molecule has 2 heterocycles. The van der Waals surface area contributed by atoms with Crippen molar-refractivity contribution in [1.82, 2.24) is 15.2 Å². The Hall–Kier alpha value is -2.81. The Morgan fingerprint density at radius 1 is 1.19 bits per heavy atom. The summed E-state index contributed by atoms with van der Waals surface area (Å²) in [6.07, 6.45) is 4.15. The Kier molecular flexibility index (Phi) is 5.79. The summed E-state index contributed by atoms with van der Waals surface area (Å²) < 4.78 is 43.3. The number of nitrogens with zero attached hydrogens (tertiary/aromatic N) is 3. The number of benzene rings is 1. The summed E-state index contributed by atoms with van der Waals surface area (Å²) in [4.78, 5) is 20.7. The fourth-order valence-electron chi connectivity index (χ4n) is 5.07. The van der Waals surface area contributed by atoms with Crippen LogP contribution in [0.25, 0.3) is 0 Å². The molecule has 2 fully saturated rings. The molecule has 1 aromatic heterocycles. The van der Waals surface area contributed by atoms with E-state index in [9.17, 15) is 18.0 Å². The number of hydrogen-bond acceptors (Lipinski definition) is 4. The highest BCUT2D eigenvalue weighted by atomic mass is 19.3. The molecule has 1 aliphatic heterocycles. The first-order valence-corrected chi connectivity index (χ1v) is 10.6. The van der Waals surface area contributed by atoms with Crippen LogP contribution in [-0.4, -0.2) is 48.7 Å². The number of carbonyl (C=O) groups excluding carboxylic acids is 1. The van der Waals surface area contributed by atoms with Crippen molar-refractivity contribution >= 4 is 11.8 Å². The number of pyridine rings is 1. The molecule has 2 amide bonds. The monoisotopic (exact) mass is 448 g/mol. The molecule has 1 N–H and O–H groups in total. The number of anilines is 1. The van der Waals surface area contributed by atoms with Crippen molar-refractivity contribution in [2.24, 2.45) is 0 Å². The highest BCUT2D eigenvalue weighted by molar-refractivity contribution is 5.95. The highest BCUT2D eigenvalue weighted by Crippen LogP contribution is 2.46. The topological polar surface area (TPSA) is 57.7 Å². The Balaban J connectivity index is 1.53. The van der Waals surface area contributed by atoms with Crippen LogP contribution in [0.3, 0.4) is 0 Å². The highest BCUT2D eigenvalue weighted by Gasteiger charge is 2.50. The third-order valence-electron chi connectivity index (χ3n) is 6.84. The second kappa shape index (κ2) is 8.27. The van der Waals surface area contributed by atoms with Crippen molar-refractivity contribution < 1.29 is 22.7 Å². The molecule has 0 atom stereocenters. The van der Waals surface area contributed by atoms with Crippen LogP contribution in [0, 0.1) is 12.7 Å². The summed E-state index contributed by atoms with van der Waals surface area (Å²) in [5, 5.41) is 3.13. The first-order chi connectivity index (χ1) is 15.1. The van der Waals surface area contributed by atoms with Gasteiger partial charge in [0.25, 0.3) is 0 Å². The minimum Gasteiger partial charge on any atom is -0.433 e. The lowest BCUT2D eigenvalue weighted by molar-refractivity contribution is -0.0500. The number of urea groups is 1. The van der Waals surface area contributed by atoms with Gasteiger partial charge in [-0.3, -0.25) is 9.80 Å². The van der Waals surface area contributed by atoms with Gasteiger partial charge in [-0.05, 0) is 76.0 Å². The lowest BCUT2D eigenvalue weighted by atomic mass is 9.69. The van der Waals surface area contributed by atoms with E-state index in [1.165, 1.54) is 18.3 Å². The van der Waals surface area contributed by atoms with Crippen LogP contribution in [0.15, 0.2) is 36.5 Å². The standard InChI is InChI=1S/C23H27F3N4O2/c1-15-11-18(32-20(25)26)13-27-19(15)30-14-22(28-21(30)31)7-9-23(10-8-22,29(2)3)16-5-4-6-17(24)12-16/h4-6,11-13,20H,7-10,14H2,1-3H3,(H,28,31). The summed E-state index contributed by atoms with van der Waals surface area (Å²) in [5.74, 6) is 0.125. The fourth-order valence-corrected chi connectivity index (χ4v) is 5.07. The van der Waals surface area contributed by atoms with Gasteiger partial charge < -0.3 is 10.1 Å². The number of rotatable bonds is 5. The molecule has 2 aromatic rings. The van der Waals surface area contributed by atoms with Gasteiger partial charge in [0.1, 0.15) is 17.4 Å². The number of aromatic nitrogens is 1. The molecule has 0 bridgehead atoms. The molecular weight excluding hydrogens is 421 g/mol. The normalized spacial score (nSPS) is 25.6. The number of carbonyl (C=O) groups is 1. The molecular formula is C23H27F3N4O2. The summed E-state index contributed by atoms with van der Waals surface area (Å²) in [6.45, 7) is -0.792. The predicted octanol–water partition coefficient (Wildman–Crippen LogP) is 4.43. The van der Waals surface area contributed by atoms with Crippen molar-refractivity contribution in [3.63, 3.8) is 0 Å². The third-order valence-corrected chi connectivity index (χ3v) is 6.84. The van der Waals surface area contributed by atoms with Crippen molar-refractivity contribution in [2.45, 2.75) is 50.3 Å². The van der Waals surface area contributed by atoms with Crippen molar-refractivity contribution in [3.8, 4) is 5.75 Å². The summed E-state index contributed by atoms with van der Waals surface area (Å²) in [6, 6.07) is 7.92. The Morgan fingerprint density at radius 2 is 1.91 bits per heavy atom. The van der Waals surface area contributed by atoms with Gasteiger partial charge in [-0.15, -0.1) is 0 Å². The average Bonchev–Trinajstić information content (AvgIpc) is 3.04. The first-order valence-electron chi connectivity index (χ1n) is 10.6. The van der Waals surface area contributed by atoms with E-state index in [0.717, 1.165) is 31.2 Å². The maximum absolute atomic E-state index is 13.9. The Labute approximate surface area is 185 Å². The van der Waals surface area contributed by atoms with Gasteiger partial charge in [0, 0.05) is 5.54 Å². The van der Waals surface area contributed by atoms with E-state index >= 15 is 0 Å². The Morgan fingerprint density at radius 3 is 2.50 bits per heavy atom. The zero-order valence-electron chi connectivity index (χ0n) is 18.4. The maximum atomic E-state index is 13.9. The number of hydrogen-bond donors (Lipinski definition) is 1. The number of amides is 2. The molecule has 1 spiro atoms. The van der Waals surface area contributed by atoms with E-state index in [1.54, 1.807) is 24.0 Å². The van der Waals surface area contributed by atoms with Crippen LogP contribution in [0.5, 0.6) is 5.75 Å². The second-order valence-corrected chi connectivity index (χ2v) is 8.92. The largest absolute Gasteiger partial charge is 0.433 e. The molecule has 32 heavy (non-hydrogen) atoms. The molecule has 9 heteroatoms. The Bertz CT molecular complexity index is 1010. The van der Waals surface area contributed by atoms with Gasteiger partial charge >= 0.3 is 12.6 Å². The number of ether oxygens (including phenoxy) is 1. The van der Waals surface area contributed by atoms with Crippen molar-refractivity contribution in [2.75, 3.05) is 25.5 Å². The van der Waals surface area contributed by atoms with E-state index < -0.39 is 12.2 Å².